The van der Waals surface area contributed by atoms with Crippen molar-refractivity contribution in [2.45, 2.75) is 39.5 Å². The van der Waals surface area contributed by atoms with Crippen LogP contribution in [0.5, 0.6) is 5.75 Å². The molecule has 8 nitrogen and oxygen atoms in total. The van der Waals surface area contributed by atoms with Gasteiger partial charge in [-0.2, -0.15) is 0 Å². The van der Waals surface area contributed by atoms with Crippen molar-refractivity contribution in [1.82, 2.24) is 4.40 Å². The van der Waals surface area contributed by atoms with E-state index in [2.05, 4.69) is 4.74 Å². The molecule has 0 bridgehead atoms. The van der Waals surface area contributed by atoms with Crippen molar-refractivity contribution >= 4 is 29.0 Å². The summed E-state index contributed by atoms with van der Waals surface area (Å²) in [7, 11) is 1.23. The minimum atomic E-state index is -1.13. The average molecular weight is 388 g/mol. The molecule has 0 saturated heterocycles. The molecule has 0 aromatic carbocycles. The third-order valence-corrected chi connectivity index (χ3v) is 4.42. The first-order chi connectivity index (χ1) is 13.4. The first-order valence-corrected chi connectivity index (χ1v) is 9.10. The molecule has 150 valence electrons. The Labute approximate surface area is 162 Å². The number of hydrogen-bond donors (Lipinski definition) is 1. The summed E-state index contributed by atoms with van der Waals surface area (Å²) in [5.74, 6) is -2.59. The van der Waals surface area contributed by atoms with E-state index in [9.17, 15) is 19.2 Å². The largest absolute Gasteiger partial charge is 0.480 e. The van der Waals surface area contributed by atoms with Crippen molar-refractivity contribution in [1.29, 1.82) is 0 Å². The van der Waals surface area contributed by atoms with Crippen molar-refractivity contribution in [2.24, 2.45) is 5.73 Å². The number of aromatic nitrogens is 1. The zero-order chi connectivity index (χ0) is 20.8. The number of unbranched alkanes of at least 4 members (excludes halogenated alkanes) is 1. The van der Waals surface area contributed by atoms with Gasteiger partial charge in [-0.1, -0.05) is 20.3 Å². The first kappa shape index (κ1) is 21.1. The highest BCUT2D eigenvalue weighted by atomic mass is 16.6. The molecule has 0 aliphatic rings. The Balaban J connectivity index is 2.76. The lowest BCUT2D eigenvalue weighted by Crippen LogP contribution is -2.24. The van der Waals surface area contributed by atoms with Gasteiger partial charge in [0.25, 0.3) is 11.7 Å². The number of rotatable bonds is 10. The van der Waals surface area contributed by atoms with E-state index in [4.69, 9.17) is 10.5 Å². The van der Waals surface area contributed by atoms with Crippen molar-refractivity contribution in [3.63, 3.8) is 0 Å². The van der Waals surface area contributed by atoms with Gasteiger partial charge >= 0.3 is 5.97 Å². The number of amides is 1. The van der Waals surface area contributed by atoms with E-state index in [1.165, 1.54) is 7.11 Å². The standard InChI is InChI=1S/C20H24N2O6/c1-4-6-8-13(23)17-12(5-2)16(19(25)20(21)26)18-14(9-7-10-22(17)18)28-11-15(24)27-3/h7,9-10H,4-6,8,11H2,1-3H3,(H2,21,26). The van der Waals surface area contributed by atoms with Gasteiger partial charge in [-0.25, -0.2) is 4.79 Å². The van der Waals surface area contributed by atoms with E-state index in [1.54, 1.807) is 29.7 Å². The van der Waals surface area contributed by atoms with Crippen LogP contribution < -0.4 is 10.5 Å². The van der Waals surface area contributed by atoms with E-state index in [0.29, 0.717) is 30.5 Å². The molecule has 0 fully saturated rings. The monoisotopic (exact) mass is 388 g/mol. The number of primary amides is 1. The summed E-state index contributed by atoms with van der Waals surface area (Å²) < 4.78 is 11.6. The van der Waals surface area contributed by atoms with E-state index in [-0.39, 0.29) is 29.2 Å². The molecule has 0 aliphatic carbocycles. The number of hydrogen-bond acceptors (Lipinski definition) is 6. The van der Waals surface area contributed by atoms with Crippen LogP contribution in [-0.4, -0.2) is 41.6 Å². The number of fused-ring (bicyclic) bond motifs is 1. The predicted molar refractivity (Wildman–Crippen MR) is 102 cm³/mol. The molecule has 0 saturated carbocycles. The van der Waals surface area contributed by atoms with Crippen LogP contribution in [0.3, 0.4) is 0 Å². The molecular weight excluding hydrogens is 364 g/mol. The van der Waals surface area contributed by atoms with Gasteiger partial charge in [0.15, 0.2) is 12.4 Å². The van der Waals surface area contributed by atoms with Crippen LogP contribution in [-0.2, 0) is 20.7 Å². The Morgan fingerprint density at radius 3 is 2.46 bits per heavy atom. The Morgan fingerprint density at radius 1 is 1.18 bits per heavy atom. The van der Waals surface area contributed by atoms with Crippen LogP contribution in [0, 0.1) is 0 Å². The van der Waals surface area contributed by atoms with Crippen LogP contribution in [0.15, 0.2) is 18.3 Å². The third kappa shape index (κ3) is 4.05. The number of nitrogens with two attached hydrogens (primary N) is 1. The molecule has 0 unspecified atom stereocenters. The molecule has 1 amide bonds. The van der Waals surface area contributed by atoms with Gasteiger partial charge < -0.3 is 19.6 Å². The zero-order valence-electron chi connectivity index (χ0n) is 16.2. The molecule has 2 N–H and O–H groups in total. The fourth-order valence-corrected chi connectivity index (χ4v) is 3.11. The van der Waals surface area contributed by atoms with Gasteiger partial charge in [0.05, 0.1) is 23.9 Å². The minimum Gasteiger partial charge on any atom is -0.480 e. The van der Waals surface area contributed by atoms with E-state index in [1.807, 2.05) is 6.92 Å². The van der Waals surface area contributed by atoms with Crippen LogP contribution in [0.2, 0.25) is 0 Å². The number of nitrogens with zero attached hydrogens (tertiary/aromatic N) is 1. The fourth-order valence-electron chi connectivity index (χ4n) is 3.11. The number of carbonyl (C=O) groups excluding carboxylic acids is 4. The van der Waals surface area contributed by atoms with E-state index >= 15 is 0 Å². The van der Waals surface area contributed by atoms with Crippen LogP contribution >= 0.6 is 0 Å². The number of Topliss-reactive ketones (excluding diaryl/α,β-unsaturated/α-hetero) is 2. The second kappa shape index (κ2) is 9.16. The molecule has 0 radical (unpaired) electrons. The maximum Gasteiger partial charge on any atom is 0.343 e. The lowest BCUT2D eigenvalue weighted by molar-refractivity contribution is -0.142. The molecule has 2 aromatic rings. The van der Waals surface area contributed by atoms with E-state index in [0.717, 1.165) is 6.42 Å². The quantitative estimate of drug-likeness (QED) is 0.378. The van der Waals surface area contributed by atoms with Crippen LogP contribution in [0.1, 0.15) is 59.5 Å². The Bertz CT molecular complexity index is 928. The second-order valence-corrected chi connectivity index (χ2v) is 6.23. The predicted octanol–water partition coefficient (Wildman–Crippen LogP) is 2.09. The summed E-state index contributed by atoms with van der Waals surface area (Å²) in [5.41, 5.74) is 6.30. The Kier molecular flexibility index (Phi) is 6.92. The van der Waals surface area contributed by atoms with Gasteiger partial charge in [0.2, 0.25) is 0 Å². The van der Waals surface area contributed by atoms with Crippen LogP contribution in [0.25, 0.3) is 5.52 Å². The molecule has 0 atom stereocenters. The highest BCUT2D eigenvalue weighted by Gasteiger charge is 2.30. The topological polar surface area (TPSA) is 117 Å². The highest BCUT2D eigenvalue weighted by molar-refractivity contribution is 6.44. The number of carbonyl (C=O) groups is 4. The summed E-state index contributed by atoms with van der Waals surface area (Å²) in [6.45, 7) is 3.38. The minimum absolute atomic E-state index is 0.0373. The zero-order valence-corrected chi connectivity index (χ0v) is 16.2. The fraction of sp³-hybridized carbons (Fsp3) is 0.400. The second-order valence-electron chi connectivity index (χ2n) is 6.23. The lowest BCUT2D eigenvalue weighted by atomic mass is 9.99. The van der Waals surface area contributed by atoms with Gasteiger partial charge in [-0.05, 0) is 30.5 Å². The molecule has 28 heavy (non-hydrogen) atoms. The average Bonchev–Trinajstić information content (AvgIpc) is 3.04. The van der Waals surface area contributed by atoms with Gasteiger partial charge in [-0.3, -0.25) is 14.4 Å². The van der Waals surface area contributed by atoms with Crippen molar-refractivity contribution in [3.8, 4) is 5.75 Å². The lowest BCUT2D eigenvalue weighted by Gasteiger charge is -2.09. The number of pyridine rings is 1. The number of ether oxygens (including phenoxy) is 2. The molecular formula is C20H24N2O6. The van der Waals surface area contributed by atoms with Gasteiger partial charge in [0.1, 0.15) is 5.75 Å². The molecule has 0 aliphatic heterocycles. The first-order valence-electron chi connectivity index (χ1n) is 9.10. The summed E-state index contributed by atoms with van der Waals surface area (Å²) >= 11 is 0. The van der Waals surface area contributed by atoms with Crippen LogP contribution in [0.4, 0.5) is 0 Å². The molecule has 2 rings (SSSR count). The van der Waals surface area contributed by atoms with Crippen molar-refractivity contribution in [2.75, 3.05) is 13.7 Å². The number of esters is 1. The smallest absolute Gasteiger partial charge is 0.343 e. The molecule has 0 spiro atoms. The summed E-state index contributed by atoms with van der Waals surface area (Å²) in [6.07, 6.45) is 3.83. The maximum atomic E-state index is 12.9. The SMILES string of the molecule is CCCCC(=O)c1c(CC)c(C(=O)C(N)=O)c2c(OCC(=O)OC)cccn12. The highest BCUT2D eigenvalue weighted by Crippen LogP contribution is 2.33. The summed E-state index contributed by atoms with van der Waals surface area (Å²) in [4.78, 5) is 48.6. The molecule has 2 aromatic heterocycles. The van der Waals surface area contributed by atoms with Crippen molar-refractivity contribution in [3.05, 3.63) is 35.2 Å². The third-order valence-electron chi connectivity index (χ3n) is 4.42. The van der Waals surface area contributed by atoms with E-state index < -0.39 is 17.7 Å². The maximum absolute atomic E-state index is 12.9. The number of ketones is 2. The van der Waals surface area contributed by atoms with Crippen molar-refractivity contribution < 1.29 is 28.7 Å². The number of methoxy groups -OCH3 is 1. The van der Waals surface area contributed by atoms with Gasteiger partial charge in [0, 0.05) is 12.6 Å². The summed E-state index contributed by atoms with van der Waals surface area (Å²) in [5, 5.41) is 0. The Hall–Kier alpha value is -3.16. The normalized spacial score (nSPS) is 10.7. The molecule has 2 heterocycles. The Morgan fingerprint density at radius 2 is 1.89 bits per heavy atom. The summed E-state index contributed by atoms with van der Waals surface area (Å²) in [6, 6.07) is 3.18. The molecule has 8 heteroatoms. The van der Waals surface area contributed by atoms with Gasteiger partial charge in [-0.15, -0.1) is 0 Å².